The van der Waals surface area contributed by atoms with Gasteiger partial charge in [-0.1, -0.05) is 6.08 Å². The van der Waals surface area contributed by atoms with E-state index in [4.69, 9.17) is 0 Å². The van der Waals surface area contributed by atoms with E-state index in [0.29, 0.717) is 5.78 Å². The van der Waals surface area contributed by atoms with Gasteiger partial charge in [-0.2, -0.15) is 0 Å². The molecule has 9 heavy (non-hydrogen) atoms. The van der Waals surface area contributed by atoms with Crippen LogP contribution in [0, 0.1) is 0 Å². The van der Waals surface area contributed by atoms with Gasteiger partial charge >= 0.3 is 0 Å². The molecule has 0 rings (SSSR count). The smallest absolute Gasteiger partial charge is 0.129 e. The topological polar surface area (TPSA) is 17.1 Å². The number of carbonyl (C=O) groups is 1. The van der Waals surface area contributed by atoms with Crippen LogP contribution < -0.4 is 0 Å². The molecule has 0 aliphatic carbocycles. The summed E-state index contributed by atoms with van der Waals surface area (Å²) in [6.45, 7) is 5.23. The summed E-state index contributed by atoms with van der Waals surface area (Å²) in [7, 11) is 0. The molecule has 0 aliphatic heterocycles. The average Bonchev–Trinajstić information content (AvgIpc) is 1.80. The molecule has 1 heteroatoms. The van der Waals surface area contributed by atoms with E-state index in [1.165, 1.54) is 0 Å². The van der Waals surface area contributed by atoms with E-state index < -0.39 is 0 Å². The van der Waals surface area contributed by atoms with Gasteiger partial charge in [-0.15, -0.1) is 6.58 Å². The molecule has 0 amide bonds. The molecular formula is C8H14O. The van der Waals surface area contributed by atoms with E-state index in [2.05, 4.69) is 6.58 Å². The third-order valence-corrected chi connectivity index (χ3v) is 1.19. The zero-order chi connectivity index (χ0) is 7.11. The van der Waals surface area contributed by atoms with Crippen LogP contribution in [-0.2, 0) is 4.79 Å². The predicted molar refractivity (Wildman–Crippen MR) is 39.3 cm³/mol. The Balaban J connectivity index is 2.91. The minimum absolute atomic E-state index is 0.291. The molecule has 1 nitrogen and oxygen atoms in total. The fourth-order valence-electron chi connectivity index (χ4n) is 0.663. The van der Waals surface area contributed by atoms with Crippen LogP contribution >= 0.6 is 0 Å². The number of hydrogen-bond donors (Lipinski definition) is 0. The molecule has 52 valence electrons. The molecule has 0 saturated carbocycles. The first-order chi connectivity index (χ1) is 4.27. The highest BCUT2D eigenvalue weighted by Gasteiger charge is 1.90. The van der Waals surface area contributed by atoms with E-state index in [0.717, 1.165) is 25.7 Å². The van der Waals surface area contributed by atoms with Gasteiger partial charge in [0.2, 0.25) is 0 Å². The van der Waals surface area contributed by atoms with Gasteiger partial charge in [0.05, 0.1) is 0 Å². The largest absolute Gasteiger partial charge is 0.300 e. The number of carbonyl (C=O) groups excluding carboxylic acids is 1. The van der Waals surface area contributed by atoms with Crippen molar-refractivity contribution in [1.29, 1.82) is 0 Å². The van der Waals surface area contributed by atoms with E-state index in [1.807, 2.05) is 6.08 Å². The molecule has 0 heterocycles. The summed E-state index contributed by atoms with van der Waals surface area (Å²) in [5.41, 5.74) is 0. The Morgan fingerprint density at radius 3 is 2.67 bits per heavy atom. The van der Waals surface area contributed by atoms with Crippen molar-refractivity contribution in [3.05, 3.63) is 12.7 Å². The van der Waals surface area contributed by atoms with E-state index in [9.17, 15) is 4.79 Å². The lowest BCUT2D eigenvalue weighted by molar-refractivity contribution is -0.117. The van der Waals surface area contributed by atoms with Gasteiger partial charge in [0.25, 0.3) is 0 Å². The van der Waals surface area contributed by atoms with Crippen molar-refractivity contribution >= 4 is 5.78 Å². The van der Waals surface area contributed by atoms with Crippen LogP contribution in [0.2, 0.25) is 0 Å². The number of ketones is 1. The summed E-state index contributed by atoms with van der Waals surface area (Å²) in [4.78, 5) is 10.4. The first-order valence-corrected chi connectivity index (χ1v) is 3.37. The fourth-order valence-corrected chi connectivity index (χ4v) is 0.663. The molecule has 0 fully saturated rings. The molecule has 0 radical (unpaired) electrons. The molecule has 0 unspecified atom stereocenters. The van der Waals surface area contributed by atoms with Crippen molar-refractivity contribution in [1.82, 2.24) is 0 Å². The minimum Gasteiger partial charge on any atom is -0.300 e. The summed E-state index contributed by atoms with van der Waals surface area (Å²) in [5.74, 6) is 0.291. The number of rotatable bonds is 5. The Morgan fingerprint density at radius 1 is 1.56 bits per heavy atom. The van der Waals surface area contributed by atoms with Crippen LogP contribution in [0.15, 0.2) is 12.7 Å². The highest BCUT2D eigenvalue weighted by atomic mass is 16.1. The normalized spacial score (nSPS) is 9.00. The predicted octanol–water partition coefficient (Wildman–Crippen LogP) is 2.32. The number of Topliss-reactive ketones (excluding diaryl/α,β-unsaturated/α-hetero) is 1. The first kappa shape index (κ1) is 8.41. The number of hydrogen-bond acceptors (Lipinski definition) is 1. The van der Waals surface area contributed by atoms with Crippen molar-refractivity contribution in [2.75, 3.05) is 0 Å². The van der Waals surface area contributed by atoms with Gasteiger partial charge in [-0.3, -0.25) is 0 Å². The van der Waals surface area contributed by atoms with Gasteiger partial charge in [-0.25, -0.2) is 0 Å². The Hall–Kier alpha value is -0.590. The van der Waals surface area contributed by atoms with Crippen LogP contribution in [0.4, 0.5) is 0 Å². The molecule has 0 bridgehead atoms. The van der Waals surface area contributed by atoms with Crippen molar-refractivity contribution < 1.29 is 4.79 Å². The van der Waals surface area contributed by atoms with E-state index in [-0.39, 0.29) is 0 Å². The van der Waals surface area contributed by atoms with Crippen LogP contribution in [0.1, 0.15) is 32.6 Å². The Labute approximate surface area is 56.8 Å². The molecule has 0 aromatic heterocycles. The second-order valence-corrected chi connectivity index (χ2v) is 2.24. The second kappa shape index (κ2) is 5.54. The SMILES string of the molecule is C=CCCCCC(C)=O. The van der Waals surface area contributed by atoms with Gasteiger partial charge < -0.3 is 4.79 Å². The molecule has 0 aromatic carbocycles. The third-order valence-electron chi connectivity index (χ3n) is 1.19. The number of allylic oxidation sites excluding steroid dienone is 1. The summed E-state index contributed by atoms with van der Waals surface area (Å²) < 4.78 is 0. The Morgan fingerprint density at radius 2 is 2.22 bits per heavy atom. The van der Waals surface area contributed by atoms with Crippen molar-refractivity contribution in [2.45, 2.75) is 32.6 Å². The third kappa shape index (κ3) is 7.41. The van der Waals surface area contributed by atoms with Gasteiger partial charge in [-0.05, 0) is 26.2 Å². The maximum atomic E-state index is 10.4. The molecule has 0 aromatic rings. The number of unbranched alkanes of at least 4 members (excludes halogenated alkanes) is 2. The zero-order valence-electron chi connectivity index (χ0n) is 6.02. The lowest BCUT2D eigenvalue weighted by atomic mass is 10.1. The Kier molecular flexibility index (Phi) is 5.18. The van der Waals surface area contributed by atoms with Crippen LogP contribution in [0.25, 0.3) is 0 Å². The van der Waals surface area contributed by atoms with Crippen molar-refractivity contribution in [2.24, 2.45) is 0 Å². The lowest BCUT2D eigenvalue weighted by Crippen LogP contribution is -1.87. The lowest BCUT2D eigenvalue weighted by Gasteiger charge is -1.91. The summed E-state index contributed by atoms with van der Waals surface area (Å²) in [5, 5.41) is 0. The summed E-state index contributed by atoms with van der Waals surface area (Å²) in [6, 6.07) is 0. The summed E-state index contributed by atoms with van der Waals surface area (Å²) >= 11 is 0. The van der Waals surface area contributed by atoms with Crippen LogP contribution in [-0.4, -0.2) is 5.78 Å². The van der Waals surface area contributed by atoms with Crippen LogP contribution in [0.5, 0.6) is 0 Å². The van der Waals surface area contributed by atoms with E-state index >= 15 is 0 Å². The fraction of sp³-hybridized carbons (Fsp3) is 0.625. The quantitative estimate of drug-likeness (QED) is 0.408. The maximum Gasteiger partial charge on any atom is 0.129 e. The van der Waals surface area contributed by atoms with Gasteiger partial charge in [0, 0.05) is 6.42 Å². The zero-order valence-corrected chi connectivity index (χ0v) is 6.02. The van der Waals surface area contributed by atoms with Gasteiger partial charge in [0.15, 0.2) is 0 Å². The molecular weight excluding hydrogens is 112 g/mol. The standard InChI is InChI=1S/C8H14O/c1-3-4-5-6-7-8(2)9/h3H,1,4-7H2,2H3. The minimum atomic E-state index is 0.291. The maximum absolute atomic E-state index is 10.4. The van der Waals surface area contributed by atoms with Crippen LogP contribution in [0.3, 0.4) is 0 Å². The van der Waals surface area contributed by atoms with Crippen molar-refractivity contribution in [3.63, 3.8) is 0 Å². The monoisotopic (exact) mass is 126 g/mol. The molecule has 0 atom stereocenters. The second-order valence-electron chi connectivity index (χ2n) is 2.24. The average molecular weight is 126 g/mol. The molecule has 0 aliphatic rings. The van der Waals surface area contributed by atoms with Gasteiger partial charge in [0.1, 0.15) is 5.78 Å². The van der Waals surface area contributed by atoms with E-state index in [1.54, 1.807) is 6.92 Å². The first-order valence-electron chi connectivity index (χ1n) is 3.37. The highest BCUT2D eigenvalue weighted by molar-refractivity contribution is 5.75. The molecule has 0 N–H and O–H groups in total. The Bertz CT molecular complexity index is 94.7. The van der Waals surface area contributed by atoms with Crippen molar-refractivity contribution in [3.8, 4) is 0 Å². The molecule has 0 saturated heterocycles. The molecule has 0 spiro atoms. The highest BCUT2D eigenvalue weighted by Crippen LogP contribution is 1.99. The summed E-state index contributed by atoms with van der Waals surface area (Å²) in [6.07, 6.45) is 5.77.